The van der Waals surface area contributed by atoms with Gasteiger partial charge in [-0.15, -0.1) is 0 Å². The number of fused-ring (bicyclic) bond motifs is 1. The first kappa shape index (κ1) is 12.8. The zero-order valence-electron chi connectivity index (χ0n) is 9.89. The van der Waals surface area contributed by atoms with Crippen LogP contribution < -0.4 is 0 Å². The minimum atomic E-state index is -2.80. The molecule has 3 nitrogen and oxygen atoms in total. The normalized spacial score (nSPS) is 36.4. The Kier molecular flexibility index (Phi) is 3.36. The third-order valence-corrected chi connectivity index (χ3v) is 8.90. The van der Waals surface area contributed by atoms with Crippen LogP contribution in [0, 0.1) is 0 Å². The molecule has 16 heavy (non-hydrogen) atoms. The molecule has 0 saturated carbocycles. The summed E-state index contributed by atoms with van der Waals surface area (Å²) in [5, 5.41) is 0.248. The van der Waals surface area contributed by atoms with Crippen molar-refractivity contribution >= 4 is 37.7 Å². The van der Waals surface area contributed by atoms with E-state index in [0.717, 1.165) is 13.1 Å². The van der Waals surface area contributed by atoms with E-state index in [9.17, 15) is 8.42 Å². The summed E-state index contributed by atoms with van der Waals surface area (Å²) >= 11 is 3.54. The van der Waals surface area contributed by atoms with Crippen LogP contribution in [-0.4, -0.2) is 52.0 Å². The van der Waals surface area contributed by atoms with Gasteiger partial charge in [-0.05, 0) is 44.3 Å². The van der Waals surface area contributed by atoms with Gasteiger partial charge in [0, 0.05) is 5.25 Å². The molecule has 2 atom stereocenters. The lowest BCUT2D eigenvalue weighted by Crippen LogP contribution is -2.27. The first-order valence-corrected chi connectivity index (χ1v) is 9.10. The van der Waals surface area contributed by atoms with Crippen molar-refractivity contribution in [2.24, 2.45) is 0 Å². The molecule has 92 valence electrons. The maximum atomic E-state index is 11.6. The maximum absolute atomic E-state index is 11.6. The molecule has 0 unspecified atom stereocenters. The molecular formula is C10H18NO2S3+. The van der Waals surface area contributed by atoms with E-state index in [1.54, 1.807) is 23.5 Å². The molecule has 0 aromatic carbocycles. The van der Waals surface area contributed by atoms with Crippen LogP contribution in [0.5, 0.6) is 0 Å². The summed E-state index contributed by atoms with van der Waals surface area (Å²) in [4.78, 5) is 0. The van der Waals surface area contributed by atoms with Gasteiger partial charge in [0.15, 0.2) is 9.84 Å². The predicted octanol–water partition coefficient (Wildman–Crippen LogP) is 1.43. The van der Waals surface area contributed by atoms with Crippen LogP contribution in [0.1, 0.15) is 20.8 Å². The first-order valence-electron chi connectivity index (χ1n) is 5.58. The molecule has 2 aliphatic rings. The summed E-state index contributed by atoms with van der Waals surface area (Å²) in [5.41, 5.74) is 0. The molecular weight excluding hydrogens is 262 g/mol. The van der Waals surface area contributed by atoms with E-state index in [0.29, 0.717) is 11.5 Å². The van der Waals surface area contributed by atoms with Gasteiger partial charge in [0.25, 0.3) is 4.38 Å². The Morgan fingerprint density at radius 2 is 2.06 bits per heavy atom. The van der Waals surface area contributed by atoms with Crippen molar-refractivity contribution in [3.63, 3.8) is 0 Å². The van der Waals surface area contributed by atoms with Crippen molar-refractivity contribution in [1.82, 2.24) is 0 Å². The minimum Gasteiger partial charge on any atom is -0.229 e. The summed E-state index contributed by atoms with van der Waals surface area (Å²) in [6, 6.07) is 0. The van der Waals surface area contributed by atoms with Crippen molar-refractivity contribution in [3.8, 4) is 0 Å². The van der Waals surface area contributed by atoms with E-state index in [-0.39, 0.29) is 10.00 Å². The second-order valence-corrected chi connectivity index (χ2v) is 9.60. The number of hydrogen-bond acceptors (Lipinski definition) is 4. The Morgan fingerprint density at radius 3 is 2.56 bits per heavy atom. The quantitative estimate of drug-likeness (QED) is 0.717. The van der Waals surface area contributed by atoms with Crippen LogP contribution in [0.25, 0.3) is 0 Å². The summed E-state index contributed by atoms with van der Waals surface area (Å²) in [7, 11) is -2.80. The molecule has 2 heterocycles. The molecule has 0 radical (unpaired) electrons. The first-order chi connectivity index (χ1) is 7.40. The van der Waals surface area contributed by atoms with Gasteiger partial charge in [0.05, 0.1) is 16.3 Å². The molecule has 2 rings (SSSR count). The number of sulfone groups is 1. The Labute approximate surface area is 106 Å². The van der Waals surface area contributed by atoms with Crippen LogP contribution in [0.2, 0.25) is 0 Å². The maximum Gasteiger partial charge on any atom is 0.270 e. The van der Waals surface area contributed by atoms with Gasteiger partial charge in [-0.1, -0.05) is 0 Å². The molecule has 0 spiro atoms. The average Bonchev–Trinajstić information content (AvgIpc) is 2.53. The number of rotatable bonds is 2. The fourth-order valence-corrected chi connectivity index (χ4v) is 9.50. The van der Waals surface area contributed by atoms with Crippen LogP contribution in [0.3, 0.4) is 0 Å². The van der Waals surface area contributed by atoms with E-state index >= 15 is 0 Å². The Balaban J connectivity index is 2.26. The highest BCUT2D eigenvalue weighted by molar-refractivity contribution is 8.42. The summed E-state index contributed by atoms with van der Waals surface area (Å²) in [5.74, 6) is 0.693. The molecule has 0 amide bonds. The van der Waals surface area contributed by atoms with E-state index < -0.39 is 9.84 Å². The molecule has 0 aromatic rings. The Hall–Kier alpha value is 0.320. The van der Waals surface area contributed by atoms with Gasteiger partial charge < -0.3 is 0 Å². The summed E-state index contributed by atoms with van der Waals surface area (Å²) in [6.07, 6.45) is 0. The molecule has 0 N–H and O–H groups in total. The fourth-order valence-electron chi connectivity index (χ4n) is 2.22. The monoisotopic (exact) mass is 280 g/mol. The molecule has 0 aliphatic carbocycles. The van der Waals surface area contributed by atoms with Gasteiger partial charge in [-0.3, -0.25) is 0 Å². The van der Waals surface area contributed by atoms with Gasteiger partial charge in [-0.2, -0.15) is 0 Å². The zero-order valence-corrected chi connectivity index (χ0v) is 12.3. The van der Waals surface area contributed by atoms with Crippen molar-refractivity contribution in [3.05, 3.63) is 0 Å². The molecule has 2 aliphatic heterocycles. The topological polar surface area (TPSA) is 37.1 Å². The largest absolute Gasteiger partial charge is 0.270 e. The lowest BCUT2D eigenvalue weighted by Gasteiger charge is -2.16. The highest BCUT2D eigenvalue weighted by Gasteiger charge is 2.56. The Bertz CT molecular complexity index is 423. The zero-order chi connectivity index (χ0) is 12.0. The fraction of sp³-hybridized carbons (Fsp3) is 0.900. The van der Waals surface area contributed by atoms with Crippen LogP contribution in [-0.2, 0) is 9.84 Å². The third kappa shape index (κ3) is 2.16. The second kappa shape index (κ2) is 4.21. The molecule has 2 saturated heterocycles. The van der Waals surface area contributed by atoms with Crippen LogP contribution in [0.4, 0.5) is 0 Å². The minimum absolute atomic E-state index is 0.0958. The van der Waals surface area contributed by atoms with Gasteiger partial charge in [-0.25, -0.2) is 13.0 Å². The third-order valence-electron chi connectivity index (χ3n) is 3.18. The average molecular weight is 280 g/mol. The van der Waals surface area contributed by atoms with Crippen molar-refractivity contribution in [1.29, 1.82) is 0 Å². The number of nitrogens with zero attached hydrogens (tertiary/aromatic N) is 1. The lowest BCUT2D eigenvalue weighted by molar-refractivity contribution is -0.515. The lowest BCUT2D eigenvalue weighted by atomic mass is 10.1. The van der Waals surface area contributed by atoms with E-state index in [4.69, 9.17) is 0 Å². The second-order valence-electron chi connectivity index (χ2n) is 4.51. The van der Waals surface area contributed by atoms with Gasteiger partial charge in [0.1, 0.15) is 13.1 Å². The Morgan fingerprint density at radius 1 is 1.44 bits per heavy atom. The van der Waals surface area contributed by atoms with E-state index in [1.165, 1.54) is 4.38 Å². The highest BCUT2D eigenvalue weighted by atomic mass is 32.2. The van der Waals surface area contributed by atoms with Gasteiger partial charge in [0.2, 0.25) is 0 Å². The number of thioether (sulfide) groups is 2. The van der Waals surface area contributed by atoms with Crippen LogP contribution in [0.15, 0.2) is 0 Å². The summed E-state index contributed by atoms with van der Waals surface area (Å²) < 4.78 is 26.8. The highest BCUT2D eigenvalue weighted by Crippen LogP contribution is 2.52. The predicted molar refractivity (Wildman–Crippen MR) is 72.4 cm³/mol. The summed E-state index contributed by atoms with van der Waals surface area (Å²) in [6.45, 7) is 8.38. The van der Waals surface area contributed by atoms with E-state index in [1.807, 2.05) is 0 Å². The SMILES string of the molecule is CC[N+](CC)=C1S[C@H]2CS(=O)(=O)C[C@]2(C)S1. The smallest absolute Gasteiger partial charge is 0.229 e. The molecule has 6 heteroatoms. The number of hydrogen-bond donors (Lipinski definition) is 0. The molecule has 0 bridgehead atoms. The molecule has 2 fully saturated rings. The van der Waals surface area contributed by atoms with Crippen molar-refractivity contribution in [2.75, 3.05) is 24.6 Å². The van der Waals surface area contributed by atoms with Crippen LogP contribution >= 0.6 is 23.5 Å². The van der Waals surface area contributed by atoms with Crippen molar-refractivity contribution < 1.29 is 13.0 Å². The molecule has 0 aromatic heterocycles. The standard InChI is InChI=1S/C10H18NO2S3/c1-4-11(5-2)9-14-8-6-16(12,13)7-10(8,3)15-9/h8H,4-7H2,1-3H3/q+1/t8-,10-/m0/s1. The van der Waals surface area contributed by atoms with Gasteiger partial charge >= 0.3 is 0 Å². The van der Waals surface area contributed by atoms with E-state index in [2.05, 4.69) is 25.3 Å². The van der Waals surface area contributed by atoms with Crippen molar-refractivity contribution in [2.45, 2.75) is 30.8 Å².